The number of phenols is 1. The Labute approximate surface area is 165 Å². The number of benzene rings is 3. The number of rotatable bonds is 4. The first-order valence-corrected chi connectivity index (χ1v) is 9.65. The van der Waals surface area contributed by atoms with E-state index in [0.29, 0.717) is 13.1 Å². The van der Waals surface area contributed by atoms with Crippen LogP contribution in [0.2, 0.25) is 0 Å². The molecule has 0 unspecified atom stereocenters. The summed E-state index contributed by atoms with van der Waals surface area (Å²) in [6.07, 6.45) is 0. The van der Waals surface area contributed by atoms with Crippen molar-refractivity contribution in [3.05, 3.63) is 96.1 Å². The number of piperazine rings is 1. The smallest absolute Gasteiger partial charge is 0.234 e. The summed E-state index contributed by atoms with van der Waals surface area (Å²) < 4.78 is 0. The largest absolute Gasteiger partial charge is 0.508 e. The molecule has 142 valence electrons. The molecule has 3 aromatic rings. The van der Waals surface area contributed by atoms with Gasteiger partial charge in [-0.1, -0.05) is 60.7 Å². The van der Waals surface area contributed by atoms with Gasteiger partial charge in [-0.2, -0.15) is 0 Å². The van der Waals surface area contributed by atoms with E-state index >= 15 is 0 Å². The fourth-order valence-electron chi connectivity index (χ4n) is 3.80. The molecule has 0 aliphatic carbocycles. The Morgan fingerprint density at radius 3 is 1.71 bits per heavy atom. The number of hydrogen-bond donors (Lipinski definition) is 1. The molecule has 3 aromatic carbocycles. The van der Waals surface area contributed by atoms with Gasteiger partial charge in [0.05, 0.1) is 5.92 Å². The lowest BCUT2D eigenvalue weighted by Crippen LogP contribution is -2.50. The number of aromatic hydroxyl groups is 1. The molecule has 4 rings (SSSR count). The number of carbonyl (C=O) groups excluding carboxylic acids is 1. The lowest BCUT2D eigenvalue weighted by atomic mass is 9.90. The Kier molecular flexibility index (Phi) is 5.29. The standard InChI is InChI=1S/C24H24N2O2/c27-22-13-11-21(12-14-22)25-15-17-26(18-16-25)24(28)23(19-7-3-1-4-8-19)20-9-5-2-6-10-20/h1-14,23,27H,15-18H2. The van der Waals surface area contributed by atoms with Crippen molar-refractivity contribution in [3.63, 3.8) is 0 Å². The van der Waals surface area contributed by atoms with Crippen LogP contribution in [0.4, 0.5) is 5.69 Å². The second-order valence-corrected chi connectivity index (χ2v) is 7.08. The third-order valence-electron chi connectivity index (χ3n) is 5.32. The van der Waals surface area contributed by atoms with Crippen LogP contribution in [0.1, 0.15) is 17.0 Å². The van der Waals surface area contributed by atoms with Crippen molar-refractivity contribution < 1.29 is 9.90 Å². The molecule has 1 aliphatic heterocycles. The normalized spacial score (nSPS) is 14.3. The van der Waals surface area contributed by atoms with Crippen LogP contribution in [0.25, 0.3) is 0 Å². The molecule has 0 spiro atoms. The molecule has 0 saturated carbocycles. The van der Waals surface area contributed by atoms with Crippen LogP contribution in [-0.4, -0.2) is 42.1 Å². The summed E-state index contributed by atoms with van der Waals surface area (Å²) in [4.78, 5) is 17.7. The first-order chi connectivity index (χ1) is 13.7. The maximum atomic E-state index is 13.5. The summed E-state index contributed by atoms with van der Waals surface area (Å²) in [6.45, 7) is 2.95. The highest BCUT2D eigenvalue weighted by atomic mass is 16.3. The second-order valence-electron chi connectivity index (χ2n) is 7.08. The monoisotopic (exact) mass is 372 g/mol. The highest BCUT2D eigenvalue weighted by Crippen LogP contribution is 2.28. The van der Waals surface area contributed by atoms with Gasteiger partial charge < -0.3 is 14.9 Å². The number of amides is 1. The van der Waals surface area contributed by atoms with Gasteiger partial charge >= 0.3 is 0 Å². The molecular formula is C24H24N2O2. The highest BCUT2D eigenvalue weighted by Gasteiger charge is 2.29. The molecule has 28 heavy (non-hydrogen) atoms. The summed E-state index contributed by atoms with van der Waals surface area (Å²) >= 11 is 0. The Balaban J connectivity index is 1.51. The van der Waals surface area contributed by atoms with E-state index in [-0.39, 0.29) is 17.6 Å². The molecule has 0 bridgehead atoms. The van der Waals surface area contributed by atoms with Gasteiger partial charge in [0.25, 0.3) is 0 Å². The van der Waals surface area contributed by atoms with Crippen molar-refractivity contribution in [1.29, 1.82) is 0 Å². The molecule has 1 fully saturated rings. The molecule has 0 radical (unpaired) electrons. The summed E-state index contributed by atoms with van der Waals surface area (Å²) in [5.74, 6) is 0.150. The molecular weight excluding hydrogens is 348 g/mol. The van der Waals surface area contributed by atoms with Crippen LogP contribution in [-0.2, 0) is 4.79 Å². The van der Waals surface area contributed by atoms with Crippen molar-refractivity contribution in [1.82, 2.24) is 4.90 Å². The van der Waals surface area contributed by atoms with Crippen LogP contribution in [0, 0.1) is 0 Å². The maximum Gasteiger partial charge on any atom is 0.234 e. The summed E-state index contributed by atoms with van der Waals surface area (Å²) in [5, 5.41) is 9.48. The van der Waals surface area contributed by atoms with Gasteiger partial charge in [-0.05, 0) is 35.4 Å². The molecule has 1 saturated heterocycles. The number of anilines is 1. The van der Waals surface area contributed by atoms with Gasteiger partial charge in [0.15, 0.2) is 0 Å². The Bertz CT molecular complexity index is 863. The van der Waals surface area contributed by atoms with E-state index in [2.05, 4.69) is 4.90 Å². The van der Waals surface area contributed by atoms with Gasteiger partial charge in [0.2, 0.25) is 5.91 Å². The molecule has 1 heterocycles. The maximum absolute atomic E-state index is 13.5. The zero-order valence-electron chi connectivity index (χ0n) is 15.7. The Morgan fingerprint density at radius 1 is 0.714 bits per heavy atom. The minimum Gasteiger partial charge on any atom is -0.508 e. The SMILES string of the molecule is O=C(C(c1ccccc1)c1ccccc1)N1CCN(c2ccc(O)cc2)CC1. The number of carbonyl (C=O) groups is 1. The van der Waals surface area contributed by atoms with E-state index in [1.54, 1.807) is 12.1 Å². The first kappa shape index (κ1) is 18.1. The van der Waals surface area contributed by atoms with Crippen molar-refractivity contribution in [2.75, 3.05) is 31.1 Å². The zero-order chi connectivity index (χ0) is 19.3. The molecule has 0 atom stereocenters. The summed E-state index contributed by atoms with van der Waals surface area (Å²) in [5.41, 5.74) is 3.13. The van der Waals surface area contributed by atoms with Gasteiger partial charge in [-0.15, -0.1) is 0 Å². The van der Waals surface area contributed by atoms with Crippen LogP contribution >= 0.6 is 0 Å². The molecule has 0 aromatic heterocycles. The van der Waals surface area contributed by atoms with Crippen LogP contribution < -0.4 is 4.90 Å². The van der Waals surface area contributed by atoms with E-state index in [1.807, 2.05) is 77.7 Å². The highest BCUT2D eigenvalue weighted by molar-refractivity contribution is 5.87. The number of hydrogen-bond acceptors (Lipinski definition) is 3. The van der Waals surface area contributed by atoms with Crippen LogP contribution in [0.15, 0.2) is 84.9 Å². The van der Waals surface area contributed by atoms with Gasteiger partial charge in [0.1, 0.15) is 5.75 Å². The van der Waals surface area contributed by atoms with E-state index in [1.165, 1.54) is 0 Å². The lowest BCUT2D eigenvalue weighted by Gasteiger charge is -2.37. The van der Waals surface area contributed by atoms with Gasteiger partial charge in [-0.3, -0.25) is 4.79 Å². The van der Waals surface area contributed by atoms with Gasteiger partial charge in [-0.25, -0.2) is 0 Å². The molecule has 4 heteroatoms. The topological polar surface area (TPSA) is 43.8 Å². The van der Waals surface area contributed by atoms with E-state index in [4.69, 9.17) is 0 Å². The average molecular weight is 372 g/mol. The predicted molar refractivity (Wildman–Crippen MR) is 112 cm³/mol. The molecule has 4 nitrogen and oxygen atoms in total. The molecule has 1 N–H and O–H groups in total. The molecule has 1 amide bonds. The summed E-state index contributed by atoms with van der Waals surface area (Å²) in [7, 11) is 0. The average Bonchev–Trinajstić information content (AvgIpc) is 2.76. The third kappa shape index (κ3) is 3.86. The van der Waals surface area contributed by atoms with Crippen molar-refractivity contribution in [2.45, 2.75) is 5.92 Å². The van der Waals surface area contributed by atoms with Crippen LogP contribution in [0.5, 0.6) is 5.75 Å². The van der Waals surface area contributed by atoms with E-state index in [9.17, 15) is 9.90 Å². The van der Waals surface area contributed by atoms with Crippen LogP contribution in [0.3, 0.4) is 0 Å². The first-order valence-electron chi connectivity index (χ1n) is 9.65. The number of nitrogens with zero attached hydrogens (tertiary/aromatic N) is 2. The minimum atomic E-state index is -0.275. The fraction of sp³-hybridized carbons (Fsp3) is 0.208. The summed E-state index contributed by atoms with van der Waals surface area (Å²) in [6, 6.07) is 27.3. The fourth-order valence-corrected chi connectivity index (χ4v) is 3.80. The third-order valence-corrected chi connectivity index (χ3v) is 5.32. The Morgan fingerprint density at radius 2 is 1.21 bits per heavy atom. The predicted octanol–water partition coefficient (Wildman–Crippen LogP) is 3.87. The van der Waals surface area contributed by atoms with E-state index in [0.717, 1.165) is 29.9 Å². The van der Waals surface area contributed by atoms with Crippen molar-refractivity contribution in [2.24, 2.45) is 0 Å². The molecule has 1 aliphatic rings. The van der Waals surface area contributed by atoms with Gasteiger partial charge in [0, 0.05) is 31.9 Å². The lowest BCUT2D eigenvalue weighted by molar-refractivity contribution is -0.132. The Hall–Kier alpha value is -3.27. The quantitative estimate of drug-likeness (QED) is 0.756. The van der Waals surface area contributed by atoms with Crippen molar-refractivity contribution >= 4 is 11.6 Å². The van der Waals surface area contributed by atoms with Crippen molar-refractivity contribution in [3.8, 4) is 5.75 Å². The second kappa shape index (κ2) is 8.17. The van der Waals surface area contributed by atoms with E-state index < -0.39 is 0 Å². The number of phenolic OH excluding ortho intramolecular Hbond substituents is 1. The zero-order valence-corrected chi connectivity index (χ0v) is 15.7. The minimum absolute atomic E-state index is 0.155.